The van der Waals surface area contributed by atoms with Gasteiger partial charge in [0.2, 0.25) is 22.9 Å². The summed E-state index contributed by atoms with van der Waals surface area (Å²) in [6.07, 6.45) is 0. The summed E-state index contributed by atoms with van der Waals surface area (Å²) in [6, 6.07) is 0. The molecule has 1 aliphatic carbocycles. The van der Waals surface area contributed by atoms with Gasteiger partial charge in [0, 0.05) is 16.3 Å². The van der Waals surface area contributed by atoms with Crippen molar-refractivity contribution in [1.82, 2.24) is 0 Å². The topological polar surface area (TPSA) is 162 Å². The van der Waals surface area contributed by atoms with Crippen molar-refractivity contribution in [1.29, 1.82) is 0 Å². The Kier molecular flexibility index (Phi) is 4.11. The Balaban J connectivity index is 2.68. The lowest BCUT2D eigenvalue weighted by Crippen LogP contribution is -2.61. The standard InChI is InChI=1S/C20H20O9/c1-6-8-9-10(13(23)12(6)22)17(26)20(28,19(3,4)7(2)21)18(27)11(9)15(25)16(29-5)14(8)24/h22-25,28H,1-5H3/t20-/m1/s1. The fourth-order valence-electron chi connectivity index (χ4n) is 3.77. The molecule has 2 aromatic carbocycles. The van der Waals surface area contributed by atoms with E-state index >= 15 is 0 Å². The third kappa shape index (κ3) is 2.10. The zero-order chi connectivity index (χ0) is 22.2. The molecule has 3 rings (SSSR count). The molecule has 0 amide bonds. The van der Waals surface area contributed by atoms with E-state index in [9.17, 15) is 39.9 Å². The second-order valence-corrected chi connectivity index (χ2v) is 7.60. The third-order valence-electron chi connectivity index (χ3n) is 5.95. The maximum absolute atomic E-state index is 13.3. The summed E-state index contributed by atoms with van der Waals surface area (Å²) in [4.78, 5) is 38.8. The van der Waals surface area contributed by atoms with Gasteiger partial charge in [-0.05, 0) is 27.7 Å². The van der Waals surface area contributed by atoms with Crippen LogP contribution >= 0.6 is 0 Å². The summed E-state index contributed by atoms with van der Waals surface area (Å²) < 4.78 is 4.96. The number of Topliss-reactive ketones (excluding diaryl/α,β-unsaturated/α-hetero) is 3. The fraction of sp³-hybridized carbons (Fsp3) is 0.350. The molecule has 0 unspecified atom stereocenters. The minimum atomic E-state index is -2.99. The first-order chi connectivity index (χ1) is 13.3. The van der Waals surface area contributed by atoms with Crippen LogP contribution in [0.5, 0.6) is 28.7 Å². The lowest BCUT2D eigenvalue weighted by Gasteiger charge is -2.41. The van der Waals surface area contributed by atoms with Crippen LogP contribution in [0.15, 0.2) is 0 Å². The maximum atomic E-state index is 13.3. The molecule has 0 fully saturated rings. The summed E-state index contributed by atoms with van der Waals surface area (Å²) in [5.74, 6) is -7.13. The SMILES string of the molecule is COc1c(O)c2c3c(c(O)c(O)c(C)c3c1O)C(=O)[C@](O)(C(C)(C)C(C)=O)C2=O. The number of hydrogen-bond donors (Lipinski definition) is 5. The van der Waals surface area contributed by atoms with Crippen LogP contribution in [-0.4, -0.2) is 55.6 Å². The van der Waals surface area contributed by atoms with Crippen molar-refractivity contribution in [3.63, 3.8) is 0 Å². The molecular formula is C20H20O9. The molecule has 9 nitrogen and oxygen atoms in total. The van der Waals surface area contributed by atoms with Gasteiger partial charge in [0.05, 0.1) is 23.7 Å². The Morgan fingerprint density at radius 3 is 1.83 bits per heavy atom. The van der Waals surface area contributed by atoms with Gasteiger partial charge in [0.1, 0.15) is 5.78 Å². The average molecular weight is 404 g/mol. The van der Waals surface area contributed by atoms with E-state index < -0.39 is 68.2 Å². The molecule has 154 valence electrons. The number of carbonyl (C=O) groups excluding carboxylic acids is 3. The number of hydrogen-bond acceptors (Lipinski definition) is 9. The van der Waals surface area contributed by atoms with E-state index in [1.807, 2.05) is 0 Å². The van der Waals surface area contributed by atoms with E-state index in [4.69, 9.17) is 4.74 Å². The number of ketones is 3. The Morgan fingerprint density at radius 2 is 1.38 bits per heavy atom. The summed E-state index contributed by atoms with van der Waals surface area (Å²) >= 11 is 0. The van der Waals surface area contributed by atoms with Gasteiger partial charge in [0.25, 0.3) is 0 Å². The van der Waals surface area contributed by atoms with Crippen molar-refractivity contribution in [3.05, 3.63) is 16.7 Å². The lowest BCUT2D eigenvalue weighted by atomic mass is 9.61. The molecule has 1 atom stereocenters. The van der Waals surface area contributed by atoms with Crippen molar-refractivity contribution in [2.24, 2.45) is 5.41 Å². The quantitative estimate of drug-likeness (QED) is 0.379. The highest BCUT2D eigenvalue weighted by Crippen LogP contribution is 2.56. The zero-order valence-electron chi connectivity index (χ0n) is 16.4. The molecule has 0 radical (unpaired) electrons. The minimum Gasteiger partial charge on any atom is -0.504 e. The summed E-state index contributed by atoms with van der Waals surface area (Å²) in [5, 5.41) is 52.6. The van der Waals surface area contributed by atoms with Crippen LogP contribution in [0.2, 0.25) is 0 Å². The molecular weight excluding hydrogens is 384 g/mol. The minimum absolute atomic E-state index is 0.0878. The van der Waals surface area contributed by atoms with Crippen LogP contribution < -0.4 is 4.74 Å². The van der Waals surface area contributed by atoms with E-state index in [0.717, 1.165) is 14.0 Å². The molecule has 1 aliphatic rings. The first-order valence-corrected chi connectivity index (χ1v) is 8.59. The Labute approximate surface area is 164 Å². The summed E-state index contributed by atoms with van der Waals surface area (Å²) in [6.45, 7) is 4.73. The number of benzene rings is 2. The molecule has 5 N–H and O–H groups in total. The van der Waals surface area contributed by atoms with Crippen LogP contribution in [0.25, 0.3) is 10.8 Å². The highest BCUT2D eigenvalue weighted by atomic mass is 16.5. The van der Waals surface area contributed by atoms with Crippen molar-refractivity contribution < 1.29 is 44.7 Å². The number of aryl methyl sites for hydroxylation is 1. The number of aliphatic hydroxyl groups is 1. The van der Waals surface area contributed by atoms with Gasteiger partial charge in [-0.1, -0.05) is 0 Å². The van der Waals surface area contributed by atoms with Gasteiger partial charge in [-0.3, -0.25) is 14.4 Å². The van der Waals surface area contributed by atoms with Gasteiger partial charge in [-0.2, -0.15) is 0 Å². The molecule has 0 bridgehead atoms. The lowest BCUT2D eigenvalue weighted by molar-refractivity contribution is -0.133. The van der Waals surface area contributed by atoms with Gasteiger partial charge in [-0.25, -0.2) is 0 Å². The van der Waals surface area contributed by atoms with Crippen molar-refractivity contribution in [2.45, 2.75) is 33.3 Å². The normalized spacial score (nSPS) is 19.0. The van der Waals surface area contributed by atoms with Crippen LogP contribution in [0.3, 0.4) is 0 Å². The molecule has 0 spiro atoms. The van der Waals surface area contributed by atoms with Gasteiger partial charge in [-0.15, -0.1) is 0 Å². The molecule has 9 heteroatoms. The number of rotatable bonds is 3. The van der Waals surface area contributed by atoms with Crippen molar-refractivity contribution in [3.8, 4) is 28.7 Å². The number of phenolic OH excluding ortho intramolecular Hbond substituents is 4. The Hall–Kier alpha value is -3.33. The van der Waals surface area contributed by atoms with Crippen molar-refractivity contribution in [2.75, 3.05) is 7.11 Å². The molecule has 2 aromatic rings. The zero-order valence-corrected chi connectivity index (χ0v) is 16.4. The fourth-order valence-corrected chi connectivity index (χ4v) is 3.77. The van der Waals surface area contributed by atoms with Crippen molar-refractivity contribution >= 4 is 28.1 Å². The predicted octanol–water partition coefficient (Wildman–Crippen LogP) is 1.70. The third-order valence-corrected chi connectivity index (χ3v) is 5.95. The smallest absolute Gasteiger partial charge is 0.207 e. The number of phenols is 4. The highest BCUT2D eigenvalue weighted by molar-refractivity contribution is 6.38. The van der Waals surface area contributed by atoms with Crippen LogP contribution in [0.4, 0.5) is 0 Å². The summed E-state index contributed by atoms with van der Waals surface area (Å²) in [5.41, 5.74) is -6.33. The van der Waals surface area contributed by atoms with Crippen LogP contribution in [0, 0.1) is 12.3 Å². The van der Waals surface area contributed by atoms with E-state index in [2.05, 4.69) is 0 Å². The molecule has 29 heavy (non-hydrogen) atoms. The second-order valence-electron chi connectivity index (χ2n) is 7.60. The van der Waals surface area contributed by atoms with E-state index in [1.54, 1.807) is 0 Å². The second kappa shape index (κ2) is 5.84. The molecule has 0 saturated carbocycles. The van der Waals surface area contributed by atoms with Gasteiger partial charge in [0.15, 0.2) is 23.0 Å². The molecule has 0 heterocycles. The van der Waals surface area contributed by atoms with Gasteiger partial charge >= 0.3 is 0 Å². The van der Waals surface area contributed by atoms with Crippen LogP contribution in [0.1, 0.15) is 47.1 Å². The molecule has 0 saturated heterocycles. The Bertz CT molecular complexity index is 1140. The van der Waals surface area contributed by atoms with Gasteiger partial charge < -0.3 is 30.3 Å². The van der Waals surface area contributed by atoms with E-state index in [-0.39, 0.29) is 16.3 Å². The predicted molar refractivity (Wildman–Crippen MR) is 100.0 cm³/mol. The first-order valence-electron chi connectivity index (χ1n) is 8.59. The number of aromatic hydroxyl groups is 4. The largest absolute Gasteiger partial charge is 0.504 e. The average Bonchev–Trinajstić information content (AvgIpc) is 2.64. The first kappa shape index (κ1) is 20.4. The number of ether oxygens (including phenoxy) is 1. The molecule has 0 aliphatic heterocycles. The highest BCUT2D eigenvalue weighted by Gasteiger charge is 2.62. The number of methoxy groups -OCH3 is 1. The van der Waals surface area contributed by atoms with Crippen LogP contribution in [-0.2, 0) is 4.79 Å². The Morgan fingerprint density at radius 1 is 0.897 bits per heavy atom. The van der Waals surface area contributed by atoms with E-state index in [1.165, 1.54) is 20.8 Å². The monoisotopic (exact) mass is 404 g/mol. The summed E-state index contributed by atoms with van der Waals surface area (Å²) in [7, 11) is 1.11. The van der Waals surface area contributed by atoms with E-state index in [0.29, 0.717) is 0 Å². The molecule has 0 aromatic heterocycles. The number of carbonyl (C=O) groups is 3. The maximum Gasteiger partial charge on any atom is 0.207 e.